The third-order valence-electron chi connectivity index (χ3n) is 3.62. The number of rotatable bonds is 3. The van der Waals surface area contributed by atoms with E-state index in [0.717, 1.165) is 18.4 Å². The lowest BCUT2D eigenvalue weighted by Gasteiger charge is -2.06. The minimum Gasteiger partial charge on any atom is -0.399 e. The van der Waals surface area contributed by atoms with Gasteiger partial charge in [-0.2, -0.15) is 0 Å². The lowest BCUT2D eigenvalue weighted by atomic mass is 10.1. The molecular weight excluding hydrogens is 273 g/mol. The minimum absolute atomic E-state index is 0.308. The van der Waals surface area contributed by atoms with Crippen LogP contribution < -0.4 is 5.73 Å². The van der Waals surface area contributed by atoms with Crippen LogP contribution in [0.5, 0.6) is 0 Å². The molecule has 0 bridgehead atoms. The summed E-state index contributed by atoms with van der Waals surface area (Å²) >= 11 is 0. The Kier molecular flexibility index (Phi) is 3.57. The van der Waals surface area contributed by atoms with Gasteiger partial charge in [-0.15, -0.1) is 0 Å². The Balaban J connectivity index is 1.82. The van der Waals surface area contributed by atoms with Gasteiger partial charge < -0.3 is 5.73 Å². The maximum Gasteiger partial charge on any atom is 0.126 e. The number of fused-ring (bicyclic) bond motifs is 1. The van der Waals surface area contributed by atoms with Crippen molar-refractivity contribution < 1.29 is 8.60 Å². The smallest absolute Gasteiger partial charge is 0.126 e. The summed E-state index contributed by atoms with van der Waals surface area (Å²) in [5.74, 6) is -0.0433. The summed E-state index contributed by atoms with van der Waals surface area (Å²) in [4.78, 5) is 0.447. The van der Waals surface area contributed by atoms with Gasteiger partial charge in [0.25, 0.3) is 0 Å². The van der Waals surface area contributed by atoms with Gasteiger partial charge in [-0.1, -0.05) is 18.2 Å². The zero-order valence-electron chi connectivity index (χ0n) is 11.1. The first-order chi connectivity index (χ1) is 9.61. The van der Waals surface area contributed by atoms with Crippen molar-refractivity contribution in [3.63, 3.8) is 0 Å². The molecule has 20 heavy (non-hydrogen) atoms. The van der Waals surface area contributed by atoms with Crippen molar-refractivity contribution in [2.45, 2.75) is 29.9 Å². The van der Waals surface area contributed by atoms with Crippen LogP contribution in [0.4, 0.5) is 10.1 Å². The van der Waals surface area contributed by atoms with E-state index in [1.807, 2.05) is 6.07 Å². The molecule has 2 aromatic carbocycles. The number of halogens is 1. The second-order valence-corrected chi connectivity index (χ2v) is 6.62. The van der Waals surface area contributed by atoms with E-state index >= 15 is 0 Å². The molecular formula is C16H16FNOS. The van der Waals surface area contributed by atoms with Gasteiger partial charge in [0.15, 0.2) is 0 Å². The highest BCUT2D eigenvalue weighted by Gasteiger charge is 2.13. The van der Waals surface area contributed by atoms with Crippen molar-refractivity contribution in [3.8, 4) is 0 Å². The molecule has 0 radical (unpaired) electrons. The number of benzene rings is 2. The summed E-state index contributed by atoms with van der Waals surface area (Å²) in [6.07, 6.45) is 3.43. The summed E-state index contributed by atoms with van der Waals surface area (Å²) in [7, 11) is -1.27. The molecule has 1 aliphatic rings. The molecule has 0 saturated carbocycles. The van der Waals surface area contributed by atoms with E-state index < -0.39 is 16.6 Å². The highest BCUT2D eigenvalue weighted by atomic mass is 32.2. The van der Waals surface area contributed by atoms with Crippen molar-refractivity contribution in [1.29, 1.82) is 0 Å². The van der Waals surface area contributed by atoms with Gasteiger partial charge in [-0.3, -0.25) is 4.21 Å². The van der Waals surface area contributed by atoms with E-state index in [2.05, 4.69) is 12.1 Å². The van der Waals surface area contributed by atoms with Crippen LogP contribution in [0, 0.1) is 5.82 Å². The average Bonchev–Trinajstić information content (AvgIpc) is 2.85. The highest BCUT2D eigenvalue weighted by molar-refractivity contribution is 7.84. The average molecular weight is 289 g/mol. The maximum atomic E-state index is 13.3. The Hall–Kier alpha value is -1.68. The standard InChI is InChI=1S/C16H16FNOS/c17-14-7-15(18)9-16(8-14)20(19)10-11-4-5-12-2-1-3-13(12)6-11/h4-9H,1-3,10,18H2. The molecule has 0 spiro atoms. The fourth-order valence-corrected chi connectivity index (χ4v) is 3.83. The van der Waals surface area contributed by atoms with Crippen LogP contribution in [0.2, 0.25) is 0 Å². The third kappa shape index (κ3) is 2.75. The Morgan fingerprint density at radius 2 is 1.90 bits per heavy atom. The molecule has 2 N–H and O–H groups in total. The van der Waals surface area contributed by atoms with Gasteiger partial charge in [0.05, 0.1) is 16.6 Å². The number of hydrogen-bond donors (Lipinski definition) is 1. The van der Waals surface area contributed by atoms with Gasteiger partial charge in [0.2, 0.25) is 0 Å². The summed E-state index contributed by atoms with van der Waals surface area (Å²) in [6, 6.07) is 10.4. The molecule has 3 rings (SSSR count). The summed E-state index contributed by atoms with van der Waals surface area (Å²) in [5.41, 5.74) is 9.69. The zero-order chi connectivity index (χ0) is 14.1. The Morgan fingerprint density at radius 3 is 2.70 bits per heavy atom. The van der Waals surface area contributed by atoms with E-state index in [4.69, 9.17) is 5.73 Å². The van der Waals surface area contributed by atoms with Crippen LogP contribution in [-0.4, -0.2) is 4.21 Å². The van der Waals surface area contributed by atoms with Gasteiger partial charge in [0, 0.05) is 10.6 Å². The quantitative estimate of drug-likeness (QED) is 0.882. The normalized spacial score (nSPS) is 15.1. The number of nitrogens with two attached hydrogens (primary N) is 1. The van der Waals surface area contributed by atoms with Gasteiger partial charge in [0.1, 0.15) is 5.82 Å². The Labute approximate surface area is 120 Å². The Bertz CT molecular complexity index is 664. The SMILES string of the molecule is Nc1cc(F)cc(S(=O)Cc2ccc3c(c2)CCC3)c1. The fraction of sp³-hybridized carbons (Fsp3) is 0.250. The van der Waals surface area contributed by atoms with Crippen molar-refractivity contribution in [1.82, 2.24) is 0 Å². The number of nitrogen functional groups attached to an aromatic ring is 1. The molecule has 0 saturated heterocycles. The fourth-order valence-electron chi connectivity index (χ4n) is 2.67. The molecule has 0 aromatic heterocycles. The molecule has 0 heterocycles. The van der Waals surface area contributed by atoms with E-state index in [9.17, 15) is 8.60 Å². The van der Waals surface area contributed by atoms with Gasteiger partial charge in [-0.05, 0) is 54.2 Å². The topological polar surface area (TPSA) is 43.1 Å². The molecule has 4 heteroatoms. The third-order valence-corrected chi connectivity index (χ3v) is 4.97. The van der Waals surface area contributed by atoms with Crippen molar-refractivity contribution in [2.75, 3.05) is 5.73 Å². The maximum absolute atomic E-state index is 13.3. The number of hydrogen-bond acceptors (Lipinski definition) is 2. The van der Waals surface area contributed by atoms with Gasteiger partial charge >= 0.3 is 0 Å². The van der Waals surface area contributed by atoms with E-state index in [1.54, 1.807) is 6.07 Å². The summed E-state index contributed by atoms with van der Waals surface area (Å²) < 4.78 is 25.6. The molecule has 2 aromatic rings. The minimum atomic E-state index is -1.27. The highest BCUT2D eigenvalue weighted by Crippen LogP contribution is 2.24. The van der Waals surface area contributed by atoms with Crippen LogP contribution in [0.3, 0.4) is 0 Å². The van der Waals surface area contributed by atoms with E-state index in [1.165, 1.54) is 29.7 Å². The molecule has 2 nitrogen and oxygen atoms in total. The molecule has 0 amide bonds. The molecule has 104 valence electrons. The van der Waals surface area contributed by atoms with Crippen LogP contribution >= 0.6 is 0 Å². The Morgan fingerprint density at radius 1 is 1.10 bits per heavy atom. The number of anilines is 1. The predicted octanol–water partition coefficient (Wildman–Crippen LogP) is 3.20. The van der Waals surface area contributed by atoms with Crippen LogP contribution in [-0.2, 0) is 29.4 Å². The molecule has 0 fully saturated rings. The molecule has 1 unspecified atom stereocenters. The van der Waals surface area contributed by atoms with Crippen molar-refractivity contribution in [2.24, 2.45) is 0 Å². The van der Waals surface area contributed by atoms with E-state index in [-0.39, 0.29) is 0 Å². The molecule has 0 aliphatic heterocycles. The van der Waals surface area contributed by atoms with Crippen LogP contribution in [0.25, 0.3) is 0 Å². The predicted molar refractivity (Wildman–Crippen MR) is 79.4 cm³/mol. The lowest BCUT2D eigenvalue weighted by Crippen LogP contribution is -1.99. The van der Waals surface area contributed by atoms with Crippen molar-refractivity contribution in [3.05, 3.63) is 58.9 Å². The first kappa shape index (κ1) is 13.3. The second kappa shape index (κ2) is 5.37. The molecule has 1 atom stereocenters. The molecule has 1 aliphatic carbocycles. The second-order valence-electron chi connectivity index (χ2n) is 5.17. The number of aryl methyl sites for hydroxylation is 2. The zero-order valence-corrected chi connectivity index (χ0v) is 11.9. The van der Waals surface area contributed by atoms with Crippen molar-refractivity contribution >= 4 is 16.5 Å². The van der Waals surface area contributed by atoms with Crippen LogP contribution in [0.1, 0.15) is 23.1 Å². The summed E-state index contributed by atoms with van der Waals surface area (Å²) in [5, 5.41) is 0. The van der Waals surface area contributed by atoms with E-state index in [0.29, 0.717) is 16.3 Å². The first-order valence-electron chi connectivity index (χ1n) is 6.67. The summed E-state index contributed by atoms with van der Waals surface area (Å²) in [6.45, 7) is 0. The monoisotopic (exact) mass is 289 g/mol. The van der Waals surface area contributed by atoms with Gasteiger partial charge in [-0.25, -0.2) is 4.39 Å². The largest absolute Gasteiger partial charge is 0.399 e. The van der Waals surface area contributed by atoms with Crippen LogP contribution in [0.15, 0.2) is 41.3 Å². The first-order valence-corrected chi connectivity index (χ1v) is 7.99. The lowest BCUT2D eigenvalue weighted by molar-refractivity contribution is 0.623.